The lowest BCUT2D eigenvalue weighted by atomic mass is 9.79. The first-order valence-electron chi connectivity index (χ1n) is 8.44. The van der Waals surface area contributed by atoms with Crippen LogP contribution in [0.3, 0.4) is 0 Å². The predicted molar refractivity (Wildman–Crippen MR) is 93.6 cm³/mol. The minimum atomic E-state index is 0.00136. The van der Waals surface area contributed by atoms with E-state index in [9.17, 15) is 4.79 Å². The van der Waals surface area contributed by atoms with Gasteiger partial charge in [-0.15, -0.1) is 0 Å². The number of fused-ring (bicyclic) bond motifs is 3. The van der Waals surface area contributed by atoms with E-state index in [1.807, 2.05) is 24.3 Å². The summed E-state index contributed by atoms with van der Waals surface area (Å²) in [4.78, 5) is 19.9. The van der Waals surface area contributed by atoms with Gasteiger partial charge in [-0.25, -0.2) is 4.98 Å². The maximum atomic E-state index is 12.6. The number of hydrogen-bond acceptors (Lipinski definition) is 5. The Morgan fingerprint density at radius 1 is 1.29 bits per heavy atom. The third-order valence-corrected chi connectivity index (χ3v) is 6.09. The number of aromatic nitrogens is 1. The van der Waals surface area contributed by atoms with E-state index in [1.54, 1.807) is 12.3 Å². The summed E-state index contributed by atoms with van der Waals surface area (Å²) < 4.78 is 5.69. The third-order valence-electron chi connectivity index (χ3n) is 5.12. The molecule has 5 rings (SSSR count). The Labute approximate surface area is 145 Å². The molecule has 0 unspecified atom stereocenters. The van der Waals surface area contributed by atoms with Crippen molar-refractivity contribution in [3.63, 3.8) is 0 Å². The first-order chi connectivity index (χ1) is 11.7. The molecule has 5 heterocycles. The van der Waals surface area contributed by atoms with Gasteiger partial charge in [0.25, 0.3) is 5.91 Å². The molecule has 3 aliphatic rings. The van der Waals surface area contributed by atoms with Gasteiger partial charge in [0.15, 0.2) is 5.06 Å². The lowest BCUT2D eigenvalue weighted by Gasteiger charge is -2.49. The summed E-state index contributed by atoms with van der Waals surface area (Å²) in [5.74, 6) is 1.15. The molecule has 0 saturated carbocycles. The van der Waals surface area contributed by atoms with E-state index in [0.29, 0.717) is 27.8 Å². The number of pyridine rings is 1. The van der Waals surface area contributed by atoms with Gasteiger partial charge in [-0.05, 0) is 57.0 Å². The number of carbonyl (C=O) groups excluding carboxylic acids is 1. The Balaban J connectivity index is 1.42. The highest BCUT2D eigenvalue weighted by Gasteiger charge is 2.40. The summed E-state index contributed by atoms with van der Waals surface area (Å²) in [6, 6.07) is 9.84. The zero-order valence-electron chi connectivity index (χ0n) is 13.6. The van der Waals surface area contributed by atoms with Crippen molar-refractivity contribution < 1.29 is 9.53 Å². The van der Waals surface area contributed by atoms with E-state index in [2.05, 4.69) is 22.1 Å². The number of rotatable bonds is 4. The lowest BCUT2D eigenvalue weighted by molar-refractivity contribution is 0.0218. The highest BCUT2D eigenvalue weighted by molar-refractivity contribution is 7.15. The number of hydrogen-bond donors (Lipinski definition) is 1. The van der Waals surface area contributed by atoms with Crippen molar-refractivity contribution in [3.8, 4) is 10.9 Å². The molecule has 1 N–H and O–H groups in total. The molecule has 24 heavy (non-hydrogen) atoms. The van der Waals surface area contributed by atoms with Gasteiger partial charge in [0.05, 0.1) is 4.88 Å². The van der Waals surface area contributed by atoms with Crippen LogP contribution in [0.2, 0.25) is 0 Å². The van der Waals surface area contributed by atoms with Gasteiger partial charge in [0.2, 0.25) is 5.88 Å². The molecule has 2 bridgehead atoms. The van der Waals surface area contributed by atoms with Crippen LogP contribution in [0.25, 0.3) is 0 Å². The number of ether oxygens (including phenoxy) is 1. The second-order valence-corrected chi connectivity index (χ2v) is 7.55. The Kier molecular flexibility index (Phi) is 4.24. The van der Waals surface area contributed by atoms with Crippen LogP contribution in [0.4, 0.5) is 0 Å². The second-order valence-electron chi connectivity index (χ2n) is 6.50. The maximum Gasteiger partial charge on any atom is 0.261 e. The van der Waals surface area contributed by atoms with E-state index in [1.165, 1.54) is 37.3 Å². The van der Waals surface area contributed by atoms with E-state index in [4.69, 9.17) is 4.74 Å². The maximum absolute atomic E-state index is 12.6. The fraction of sp³-hybridized carbons (Fsp3) is 0.444. The Bertz CT molecular complexity index is 708. The van der Waals surface area contributed by atoms with Crippen LogP contribution >= 0.6 is 11.3 Å². The fourth-order valence-electron chi connectivity index (χ4n) is 3.78. The van der Waals surface area contributed by atoms with E-state index in [0.717, 1.165) is 0 Å². The molecular weight excluding hydrogens is 322 g/mol. The molecule has 2 atom stereocenters. The first kappa shape index (κ1) is 15.6. The van der Waals surface area contributed by atoms with E-state index >= 15 is 0 Å². The van der Waals surface area contributed by atoms with Crippen LogP contribution in [0, 0.1) is 5.92 Å². The largest absolute Gasteiger partial charge is 0.428 e. The van der Waals surface area contributed by atoms with Gasteiger partial charge >= 0.3 is 0 Å². The van der Waals surface area contributed by atoms with Crippen molar-refractivity contribution in [1.82, 2.24) is 15.2 Å². The summed E-state index contributed by atoms with van der Waals surface area (Å²) in [7, 11) is 0. The minimum absolute atomic E-state index is 0.00136. The summed E-state index contributed by atoms with van der Waals surface area (Å²) in [6.45, 7) is 4.55. The Morgan fingerprint density at radius 2 is 2.12 bits per heavy atom. The second kappa shape index (κ2) is 6.53. The molecule has 5 nitrogen and oxygen atoms in total. The van der Waals surface area contributed by atoms with Gasteiger partial charge in [-0.2, -0.15) is 0 Å². The van der Waals surface area contributed by atoms with Crippen molar-refractivity contribution in [1.29, 1.82) is 0 Å². The topological polar surface area (TPSA) is 54.5 Å². The molecule has 126 valence electrons. The Hall–Kier alpha value is -1.92. The highest BCUT2D eigenvalue weighted by Crippen LogP contribution is 2.33. The highest BCUT2D eigenvalue weighted by atomic mass is 32.1. The molecule has 2 aromatic heterocycles. The molecule has 0 spiro atoms. The summed E-state index contributed by atoms with van der Waals surface area (Å²) in [5, 5.41) is 3.93. The molecule has 2 aromatic rings. The monoisotopic (exact) mass is 343 g/mol. The van der Waals surface area contributed by atoms with Gasteiger partial charge < -0.3 is 10.1 Å². The standard InChI is InChI=1S/C18H21N3O2S/c1-12-17(13-7-10-21(12)11-8-13)20-18(22)14-5-6-16(24-14)23-15-4-2-3-9-19-15/h2-6,9,12-13,17H,7-8,10-11H2,1H3,(H,20,22)/t12-,17-/m0/s1. The zero-order chi connectivity index (χ0) is 16.5. The van der Waals surface area contributed by atoms with Gasteiger partial charge in [-0.3, -0.25) is 9.69 Å². The predicted octanol–water partition coefficient (Wildman–Crippen LogP) is 3.15. The van der Waals surface area contributed by atoms with Crippen LogP contribution in [0.5, 0.6) is 10.9 Å². The molecule has 0 aromatic carbocycles. The molecule has 3 fully saturated rings. The normalized spacial score (nSPS) is 28.5. The number of carbonyl (C=O) groups is 1. The van der Waals surface area contributed by atoms with Crippen molar-refractivity contribution in [2.24, 2.45) is 5.92 Å². The summed E-state index contributed by atoms with van der Waals surface area (Å²) >= 11 is 1.36. The third kappa shape index (κ3) is 3.03. The fourth-order valence-corrected chi connectivity index (χ4v) is 4.54. The average molecular weight is 343 g/mol. The molecule has 3 aliphatic heterocycles. The summed E-state index contributed by atoms with van der Waals surface area (Å²) in [5.41, 5.74) is 0. The van der Waals surface area contributed by atoms with Crippen LogP contribution < -0.4 is 10.1 Å². The number of nitrogens with zero attached hydrogens (tertiary/aromatic N) is 2. The molecule has 6 heteroatoms. The van der Waals surface area contributed by atoms with E-state index in [-0.39, 0.29) is 11.9 Å². The van der Waals surface area contributed by atoms with Gasteiger partial charge in [-0.1, -0.05) is 17.4 Å². The number of amides is 1. The summed E-state index contributed by atoms with van der Waals surface area (Å²) in [6.07, 6.45) is 4.06. The molecular formula is C18H21N3O2S. The van der Waals surface area contributed by atoms with Crippen LogP contribution in [0.15, 0.2) is 36.5 Å². The van der Waals surface area contributed by atoms with Gasteiger partial charge in [0, 0.05) is 24.3 Å². The van der Waals surface area contributed by atoms with Crippen LogP contribution in [0.1, 0.15) is 29.4 Å². The minimum Gasteiger partial charge on any atom is -0.428 e. The number of thiophene rings is 1. The SMILES string of the molecule is C[C@H]1[C@H](NC(=O)c2ccc(Oc3ccccn3)s2)C2CCN1CC2. The molecule has 0 radical (unpaired) electrons. The Morgan fingerprint density at radius 3 is 2.83 bits per heavy atom. The lowest BCUT2D eigenvalue weighted by Crippen LogP contribution is -2.62. The first-order valence-corrected chi connectivity index (χ1v) is 9.26. The number of piperidine rings is 3. The van der Waals surface area contributed by atoms with Gasteiger partial charge in [0.1, 0.15) is 0 Å². The van der Waals surface area contributed by atoms with E-state index < -0.39 is 0 Å². The van der Waals surface area contributed by atoms with Crippen molar-refractivity contribution in [3.05, 3.63) is 41.4 Å². The number of nitrogens with one attached hydrogen (secondary N) is 1. The zero-order valence-corrected chi connectivity index (χ0v) is 14.5. The van der Waals surface area contributed by atoms with Crippen molar-refractivity contribution in [2.75, 3.05) is 13.1 Å². The smallest absolute Gasteiger partial charge is 0.261 e. The molecule has 1 amide bonds. The quantitative estimate of drug-likeness (QED) is 0.926. The molecule has 0 aliphatic carbocycles. The van der Waals surface area contributed by atoms with Crippen molar-refractivity contribution in [2.45, 2.75) is 31.8 Å². The van der Waals surface area contributed by atoms with Crippen molar-refractivity contribution >= 4 is 17.2 Å². The van der Waals surface area contributed by atoms with Crippen LogP contribution in [-0.4, -0.2) is 41.0 Å². The van der Waals surface area contributed by atoms with Crippen LogP contribution in [-0.2, 0) is 0 Å². The average Bonchev–Trinajstić information content (AvgIpc) is 3.08. The molecule has 3 saturated heterocycles.